The Hall–Kier alpha value is -3.89. The van der Waals surface area contributed by atoms with E-state index in [1.165, 1.54) is 0 Å². The number of nitrogens with two attached hydrogens (primary N) is 1. The van der Waals surface area contributed by atoms with Crippen molar-refractivity contribution in [2.75, 3.05) is 78.2 Å². The van der Waals surface area contributed by atoms with Gasteiger partial charge in [0.2, 0.25) is 17.7 Å². The van der Waals surface area contributed by atoms with Crippen LogP contribution < -0.4 is 32.4 Å². The summed E-state index contributed by atoms with van der Waals surface area (Å²) in [4.78, 5) is 52.5. The summed E-state index contributed by atoms with van der Waals surface area (Å²) in [7, 11) is 0. The number of urea groups is 1. The highest BCUT2D eigenvalue weighted by Crippen LogP contribution is 2.33. The molecule has 19 nitrogen and oxygen atoms in total. The monoisotopic (exact) mass is 937 g/mol. The van der Waals surface area contributed by atoms with E-state index in [0.717, 1.165) is 36.1 Å². The molecule has 11 N–H and O–H groups in total. The van der Waals surface area contributed by atoms with Crippen LogP contribution in [0, 0.1) is 10.8 Å². The normalized spacial score (nSPS) is 19.0. The molecule has 2 saturated heterocycles. The summed E-state index contributed by atoms with van der Waals surface area (Å²) < 4.78 is 17.8. The van der Waals surface area contributed by atoms with Crippen molar-refractivity contribution >= 4 is 47.4 Å². The summed E-state index contributed by atoms with van der Waals surface area (Å²) >= 11 is 1.89. The lowest BCUT2D eigenvalue weighted by Crippen LogP contribution is -2.39. The van der Waals surface area contributed by atoms with Crippen LogP contribution >= 0.6 is 11.8 Å². The summed E-state index contributed by atoms with van der Waals surface area (Å²) in [5.74, 6) is 5.77. The van der Waals surface area contributed by atoms with E-state index in [1.807, 2.05) is 11.8 Å². The van der Waals surface area contributed by atoms with E-state index in [-0.39, 0.29) is 66.6 Å². The Bertz CT molecular complexity index is 1650. The van der Waals surface area contributed by atoms with E-state index >= 15 is 0 Å². The number of carbonyl (C=O) groups excluding carboxylic acids is 4. The Morgan fingerprint density at radius 1 is 0.877 bits per heavy atom. The maximum atomic E-state index is 12.6. The van der Waals surface area contributed by atoms with Crippen molar-refractivity contribution in [1.29, 1.82) is 0 Å². The fourth-order valence-corrected chi connectivity index (χ4v) is 8.82. The number of nitrogens with zero attached hydrogens (tertiary/aromatic N) is 2. The van der Waals surface area contributed by atoms with Crippen LogP contribution in [0.3, 0.4) is 0 Å². The first-order chi connectivity index (χ1) is 31.0. The number of ether oxygens (including phenoxy) is 3. The third-order valence-corrected chi connectivity index (χ3v) is 12.4. The number of nitrogens with one attached hydrogen (secondary N) is 5. The van der Waals surface area contributed by atoms with Crippen LogP contribution in [0.4, 0.5) is 4.79 Å². The van der Waals surface area contributed by atoms with Crippen LogP contribution in [0.1, 0.15) is 90.2 Å². The largest absolute Gasteiger partial charge is 0.394 e. The van der Waals surface area contributed by atoms with Crippen molar-refractivity contribution in [2.24, 2.45) is 26.8 Å². The Kier molecular flexibility index (Phi) is 25.3. The number of thioether (sulfide) groups is 1. The van der Waals surface area contributed by atoms with E-state index in [9.17, 15) is 29.4 Å². The molecule has 1 aromatic rings. The molecule has 0 aromatic heterocycles. The molecule has 2 fully saturated rings. The fourth-order valence-electron chi connectivity index (χ4n) is 7.28. The second-order valence-electron chi connectivity index (χ2n) is 18.4. The van der Waals surface area contributed by atoms with Crippen LogP contribution in [0.5, 0.6) is 0 Å². The molecule has 20 heteroatoms. The molecule has 65 heavy (non-hydrogen) atoms. The number of benzene rings is 1. The van der Waals surface area contributed by atoms with Gasteiger partial charge in [0.05, 0.1) is 83.5 Å². The van der Waals surface area contributed by atoms with E-state index in [2.05, 4.69) is 64.4 Å². The van der Waals surface area contributed by atoms with Crippen LogP contribution in [-0.2, 0) is 35.0 Å². The van der Waals surface area contributed by atoms with E-state index < -0.39 is 37.4 Å². The molecule has 0 radical (unpaired) electrons. The number of aliphatic hydroxyl groups is 4. The number of rotatable bonds is 34. The van der Waals surface area contributed by atoms with E-state index in [1.54, 1.807) is 30.5 Å². The SMILES string of the molecule is CC(C)(COCCN=C/C(=N\N)c1ccc(CC(=O)NCC(O)CCC(CCC(O)CO)NC(=O)CO)cc1)COCC(C)(C)COCCNC(=O)CCCCC1SCC2NC(=O)NC21. The third-order valence-electron chi connectivity index (χ3n) is 10.9. The van der Waals surface area contributed by atoms with Gasteiger partial charge < -0.3 is 67.1 Å². The Labute approximate surface area is 388 Å². The van der Waals surface area contributed by atoms with Crippen molar-refractivity contribution < 1.29 is 53.8 Å². The molecule has 3 rings (SSSR count). The number of hydrazone groups is 1. The van der Waals surface area contributed by atoms with Gasteiger partial charge in [-0.3, -0.25) is 19.4 Å². The molecular weight excluding hydrogens is 861 g/mol. The number of amides is 5. The molecule has 368 valence electrons. The lowest BCUT2D eigenvalue weighted by atomic mass is 9.94. The van der Waals surface area contributed by atoms with E-state index in [4.69, 9.17) is 30.3 Å². The van der Waals surface area contributed by atoms with Crippen LogP contribution in [-0.4, -0.2) is 170 Å². The zero-order chi connectivity index (χ0) is 47.7. The van der Waals surface area contributed by atoms with E-state index in [0.29, 0.717) is 83.0 Å². The summed E-state index contributed by atoms with van der Waals surface area (Å²) in [6, 6.07) is 7.10. The first kappa shape index (κ1) is 55.4. The highest BCUT2D eigenvalue weighted by molar-refractivity contribution is 8.00. The van der Waals surface area contributed by atoms with Gasteiger partial charge in [0.25, 0.3) is 0 Å². The standard InChI is InChI=1S/C45H76N8O11S/c1-44(2,29-64-30-45(3,4)28-63-20-18-48-39(58)8-6-5-7-38-42-37(26-65-38)51-43(61)52-42)27-62-19-17-47-23-36(53-46)32-11-9-31(10-12-32)21-40(59)49-22-34(56)15-13-33(50-41(60)25-55)14-16-35(57)24-54/h9-12,23,33-35,37-38,42,54-57H,5-8,13-22,24-30,46H2,1-4H3,(H,48,58)(H,49,59)(H,50,60)(H2,51,52,61)/b47-23?,53-36+. The molecule has 0 saturated carbocycles. The molecule has 1 aromatic carbocycles. The summed E-state index contributed by atoms with van der Waals surface area (Å²) in [6.07, 6.45) is 4.33. The third kappa shape index (κ3) is 22.9. The predicted octanol–water partition coefficient (Wildman–Crippen LogP) is 0.775. The van der Waals surface area contributed by atoms with Crippen molar-refractivity contribution in [3.8, 4) is 0 Å². The number of carbonyl (C=O) groups is 4. The van der Waals surface area contributed by atoms with Crippen LogP contribution in [0.25, 0.3) is 0 Å². The molecule has 6 atom stereocenters. The number of unbranched alkanes of at least 4 members (excludes halogenated alkanes) is 1. The zero-order valence-electron chi connectivity index (χ0n) is 38.7. The topological polar surface area (TPSA) is 288 Å². The first-order valence-electron chi connectivity index (χ1n) is 22.7. The highest BCUT2D eigenvalue weighted by Gasteiger charge is 2.42. The van der Waals surface area contributed by atoms with Crippen molar-refractivity contribution in [3.63, 3.8) is 0 Å². The molecular formula is C45H76N8O11S. The van der Waals surface area contributed by atoms with Gasteiger partial charge in [-0.25, -0.2) is 4.79 Å². The summed E-state index contributed by atoms with van der Waals surface area (Å²) in [5.41, 5.74) is 1.49. The second-order valence-corrected chi connectivity index (χ2v) is 19.7. The minimum absolute atomic E-state index is 0.0126. The molecule has 5 amide bonds. The van der Waals surface area contributed by atoms with Gasteiger partial charge in [-0.1, -0.05) is 58.4 Å². The van der Waals surface area contributed by atoms with Crippen LogP contribution in [0.2, 0.25) is 0 Å². The van der Waals surface area contributed by atoms with Gasteiger partial charge in [0, 0.05) is 59.2 Å². The number of hydrogen-bond acceptors (Lipinski definition) is 15. The molecule has 2 aliphatic heterocycles. The summed E-state index contributed by atoms with van der Waals surface area (Å²) in [5, 5.41) is 56.7. The predicted molar refractivity (Wildman–Crippen MR) is 251 cm³/mol. The molecule has 2 heterocycles. The Morgan fingerprint density at radius 3 is 2.20 bits per heavy atom. The smallest absolute Gasteiger partial charge is 0.315 e. The maximum absolute atomic E-state index is 12.6. The Balaban J connectivity index is 1.22. The number of aliphatic hydroxyl groups excluding tert-OH is 4. The van der Waals surface area contributed by atoms with Crippen molar-refractivity contribution in [3.05, 3.63) is 35.4 Å². The van der Waals surface area contributed by atoms with Crippen molar-refractivity contribution in [2.45, 2.75) is 121 Å². The molecule has 0 bridgehead atoms. The number of fused-ring (bicyclic) bond motifs is 1. The molecule has 2 aliphatic rings. The van der Waals surface area contributed by atoms with Gasteiger partial charge in [0.1, 0.15) is 12.3 Å². The highest BCUT2D eigenvalue weighted by atomic mass is 32.2. The molecule has 6 unspecified atom stereocenters. The lowest BCUT2D eigenvalue weighted by Gasteiger charge is -2.29. The lowest BCUT2D eigenvalue weighted by molar-refractivity contribution is -0.124. The number of hydrogen-bond donors (Lipinski definition) is 10. The average Bonchev–Trinajstić information content (AvgIpc) is 3.83. The second kappa shape index (κ2) is 29.7. The van der Waals surface area contributed by atoms with Crippen molar-refractivity contribution in [1.82, 2.24) is 26.6 Å². The summed E-state index contributed by atoms with van der Waals surface area (Å²) in [6.45, 7) is 10.9. The quantitative estimate of drug-likeness (QED) is 0.0151. The first-order valence-corrected chi connectivity index (χ1v) is 23.8. The fraction of sp³-hybridized carbons (Fsp3) is 0.733. The molecule has 0 aliphatic carbocycles. The van der Waals surface area contributed by atoms with Gasteiger partial charge in [-0.2, -0.15) is 16.9 Å². The van der Waals surface area contributed by atoms with Gasteiger partial charge in [-0.05, 0) is 44.1 Å². The van der Waals surface area contributed by atoms with Gasteiger partial charge >= 0.3 is 6.03 Å². The van der Waals surface area contributed by atoms with Gasteiger partial charge in [0.15, 0.2) is 0 Å². The van der Waals surface area contributed by atoms with Crippen LogP contribution in [0.15, 0.2) is 34.4 Å². The maximum Gasteiger partial charge on any atom is 0.315 e. The molecule has 0 spiro atoms. The number of aliphatic imine (C=N–C) groups is 1. The minimum Gasteiger partial charge on any atom is -0.394 e. The Morgan fingerprint density at radius 2 is 1.54 bits per heavy atom. The minimum atomic E-state index is -0.925. The zero-order valence-corrected chi connectivity index (χ0v) is 39.5. The average molecular weight is 937 g/mol. The van der Waals surface area contributed by atoms with Gasteiger partial charge in [-0.15, -0.1) is 0 Å².